The van der Waals surface area contributed by atoms with Gasteiger partial charge in [0.05, 0.1) is 17.5 Å². The zero-order valence-corrected chi connectivity index (χ0v) is 16.6. The van der Waals surface area contributed by atoms with Crippen molar-refractivity contribution in [3.05, 3.63) is 89.1 Å². The summed E-state index contributed by atoms with van der Waals surface area (Å²) in [6, 6.07) is 17.7. The van der Waals surface area contributed by atoms with E-state index in [1.807, 2.05) is 38.1 Å². The minimum absolute atomic E-state index is 0.233. The van der Waals surface area contributed by atoms with Crippen molar-refractivity contribution in [3.63, 3.8) is 0 Å². The lowest BCUT2D eigenvalue weighted by molar-refractivity contribution is 0.305. The van der Waals surface area contributed by atoms with Crippen LogP contribution < -0.4 is 4.74 Å². The second-order valence-corrected chi connectivity index (χ2v) is 7.04. The number of nitriles is 1. The molecule has 0 saturated carbocycles. The number of H-pyrrole nitrogens is 1. The molecule has 0 fully saturated rings. The van der Waals surface area contributed by atoms with Gasteiger partial charge in [0, 0.05) is 22.5 Å². The lowest BCUT2D eigenvalue weighted by atomic mass is 10.00. The maximum atomic E-state index is 13.1. The molecule has 148 valence electrons. The zero-order chi connectivity index (χ0) is 21.1. The molecule has 0 aliphatic heterocycles. The number of aromatic nitrogens is 3. The Balaban J connectivity index is 1.68. The van der Waals surface area contributed by atoms with Crippen molar-refractivity contribution in [1.29, 1.82) is 5.26 Å². The number of aryl methyl sites for hydroxylation is 2. The van der Waals surface area contributed by atoms with Crippen molar-refractivity contribution in [2.45, 2.75) is 20.5 Å². The monoisotopic (exact) mass is 398 g/mol. The van der Waals surface area contributed by atoms with Gasteiger partial charge in [-0.25, -0.2) is 4.39 Å². The number of ether oxygens (including phenoxy) is 1. The highest BCUT2D eigenvalue weighted by atomic mass is 19.1. The maximum Gasteiger partial charge on any atom is 0.138 e. The van der Waals surface area contributed by atoms with Gasteiger partial charge in [-0.05, 0) is 61.4 Å². The van der Waals surface area contributed by atoms with Crippen molar-refractivity contribution in [3.8, 4) is 34.2 Å². The van der Waals surface area contributed by atoms with Crippen LogP contribution in [0.5, 0.6) is 5.75 Å². The number of benzene rings is 2. The van der Waals surface area contributed by atoms with Crippen molar-refractivity contribution >= 4 is 0 Å². The molecule has 6 heteroatoms. The van der Waals surface area contributed by atoms with E-state index in [4.69, 9.17) is 4.74 Å². The number of halogens is 1. The summed E-state index contributed by atoms with van der Waals surface area (Å²) in [6.45, 7) is 4.15. The number of rotatable bonds is 5. The van der Waals surface area contributed by atoms with E-state index in [1.165, 1.54) is 12.1 Å². The molecule has 2 heterocycles. The molecule has 2 aromatic heterocycles. The molecule has 0 atom stereocenters. The van der Waals surface area contributed by atoms with Gasteiger partial charge in [0.2, 0.25) is 0 Å². The average molecular weight is 398 g/mol. The molecule has 0 spiro atoms. The summed E-state index contributed by atoms with van der Waals surface area (Å²) >= 11 is 0. The standard InChI is InChI=1S/C24H19FN4O/c1-15-9-20(10-16(2)28-15)22-13-27-29-24(22)18-5-6-19(12-26)23(11-18)30-14-17-3-7-21(25)8-4-17/h3-11,13H,14H2,1-2H3,(H,27,29). The third kappa shape index (κ3) is 4.06. The fraction of sp³-hybridized carbons (Fsp3) is 0.125. The van der Waals surface area contributed by atoms with Gasteiger partial charge in [-0.15, -0.1) is 0 Å². The third-order valence-electron chi connectivity index (χ3n) is 4.73. The van der Waals surface area contributed by atoms with E-state index >= 15 is 0 Å². The van der Waals surface area contributed by atoms with Gasteiger partial charge in [0.1, 0.15) is 24.2 Å². The summed E-state index contributed by atoms with van der Waals surface area (Å²) in [5.41, 5.74) is 6.74. The van der Waals surface area contributed by atoms with Crippen LogP contribution in [0.1, 0.15) is 22.5 Å². The van der Waals surface area contributed by atoms with E-state index in [2.05, 4.69) is 21.3 Å². The second-order valence-electron chi connectivity index (χ2n) is 7.04. The van der Waals surface area contributed by atoms with E-state index in [0.717, 1.165) is 39.3 Å². The molecule has 4 aromatic rings. The Morgan fingerprint density at radius 2 is 1.73 bits per heavy atom. The molecule has 0 aliphatic rings. The molecular formula is C24H19FN4O. The first-order valence-corrected chi connectivity index (χ1v) is 9.44. The molecule has 4 rings (SSSR count). The van der Waals surface area contributed by atoms with Crippen LogP contribution in [0, 0.1) is 31.0 Å². The molecule has 5 nitrogen and oxygen atoms in total. The van der Waals surface area contributed by atoms with E-state index in [0.29, 0.717) is 11.3 Å². The molecule has 0 bridgehead atoms. The largest absolute Gasteiger partial charge is 0.487 e. The third-order valence-corrected chi connectivity index (χ3v) is 4.73. The lowest BCUT2D eigenvalue weighted by Gasteiger charge is -2.11. The van der Waals surface area contributed by atoms with Crippen molar-refractivity contribution in [2.24, 2.45) is 0 Å². The Morgan fingerprint density at radius 3 is 2.43 bits per heavy atom. The van der Waals surface area contributed by atoms with Crippen LogP contribution in [0.3, 0.4) is 0 Å². The number of nitrogens with zero attached hydrogens (tertiary/aromatic N) is 3. The molecule has 1 N–H and O–H groups in total. The Bertz CT molecular complexity index is 1220. The highest BCUT2D eigenvalue weighted by Gasteiger charge is 2.14. The molecule has 2 aromatic carbocycles. The lowest BCUT2D eigenvalue weighted by Crippen LogP contribution is -1.98. The molecule has 0 unspecified atom stereocenters. The summed E-state index contributed by atoms with van der Waals surface area (Å²) in [6.07, 6.45) is 1.78. The highest BCUT2D eigenvalue weighted by molar-refractivity contribution is 5.81. The van der Waals surface area contributed by atoms with Crippen LogP contribution in [-0.4, -0.2) is 15.2 Å². The summed E-state index contributed by atoms with van der Waals surface area (Å²) in [5.74, 6) is 0.161. The summed E-state index contributed by atoms with van der Waals surface area (Å²) in [4.78, 5) is 4.43. The van der Waals surface area contributed by atoms with Crippen LogP contribution in [0.2, 0.25) is 0 Å². The summed E-state index contributed by atoms with van der Waals surface area (Å²) < 4.78 is 19.0. The SMILES string of the molecule is Cc1cc(-c2cn[nH]c2-c2ccc(C#N)c(OCc3ccc(F)cc3)c2)cc(C)n1. The number of hydrogen-bond acceptors (Lipinski definition) is 4. The van der Waals surface area contributed by atoms with E-state index in [1.54, 1.807) is 24.4 Å². The minimum Gasteiger partial charge on any atom is -0.487 e. The fourth-order valence-corrected chi connectivity index (χ4v) is 3.35. The van der Waals surface area contributed by atoms with Crippen LogP contribution in [0.4, 0.5) is 4.39 Å². The fourth-order valence-electron chi connectivity index (χ4n) is 3.35. The molecule has 0 saturated heterocycles. The minimum atomic E-state index is -0.299. The van der Waals surface area contributed by atoms with Crippen molar-refractivity contribution in [1.82, 2.24) is 15.2 Å². The van der Waals surface area contributed by atoms with E-state index in [9.17, 15) is 9.65 Å². The molecule has 0 aliphatic carbocycles. The average Bonchev–Trinajstić information content (AvgIpc) is 3.22. The maximum absolute atomic E-state index is 13.1. The van der Waals surface area contributed by atoms with Crippen LogP contribution >= 0.6 is 0 Å². The summed E-state index contributed by atoms with van der Waals surface area (Å²) in [5, 5.41) is 16.7. The van der Waals surface area contributed by atoms with Gasteiger partial charge in [0.25, 0.3) is 0 Å². The van der Waals surface area contributed by atoms with Gasteiger partial charge >= 0.3 is 0 Å². The normalized spacial score (nSPS) is 10.6. The summed E-state index contributed by atoms with van der Waals surface area (Å²) in [7, 11) is 0. The smallest absolute Gasteiger partial charge is 0.138 e. The Morgan fingerprint density at radius 1 is 1.00 bits per heavy atom. The van der Waals surface area contributed by atoms with Crippen LogP contribution in [-0.2, 0) is 6.61 Å². The second kappa shape index (κ2) is 8.18. The number of aromatic amines is 1. The zero-order valence-electron chi connectivity index (χ0n) is 16.6. The van der Waals surface area contributed by atoms with Gasteiger partial charge in [-0.2, -0.15) is 10.4 Å². The van der Waals surface area contributed by atoms with Crippen molar-refractivity contribution < 1.29 is 9.13 Å². The topological polar surface area (TPSA) is 74.6 Å². The Labute approximate surface area is 173 Å². The first kappa shape index (κ1) is 19.3. The highest BCUT2D eigenvalue weighted by Crippen LogP contribution is 2.33. The molecule has 0 radical (unpaired) electrons. The van der Waals surface area contributed by atoms with Crippen LogP contribution in [0.25, 0.3) is 22.4 Å². The van der Waals surface area contributed by atoms with E-state index < -0.39 is 0 Å². The Hall–Kier alpha value is -3.98. The quantitative estimate of drug-likeness (QED) is 0.492. The van der Waals surface area contributed by atoms with Gasteiger partial charge < -0.3 is 4.74 Å². The predicted octanol–water partition coefficient (Wildman–Crippen LogP) is 5.35. The predicted molar refractivity (Wildman–Crippen MR) is 112 cm³/mol. The number of hydrogen-bond donors (Lipinski definition) is 1. The first-order valence-electron chi connectivity index (χ1n) is 9.44. The van der Waals surface area contributed by atoms with Gasteiger partial charge in [-0.3, -0.25) is 10.1 Å². The molecular weight excluding hydrogens is 379 g/mol. The van der Waals surface area contributed by atoms with Crippen LogP contribution in [0.15, 0.2) is 60.8 Å². The van der Waals surface area contributed by atoms with Gasteiger partial charge in [0.15, 0.2) is 0 Å². The first-order chi connectivity index (χ1) is 14.5. The van der Waals surface area contributed by atoms with Crippen molar-refractivity contribution in [2.75, 3.05) is 0 Å². The Kier molecular flexibility index (Phi) is 5.27. The molecule has 0 amide bonds. The number of pyridine rings is 1. The molecule has 30 heavy (non-hydrogen) atoms. The van der Waals surface area contributed by atoms with Gasteiger partial charge in [-0.1, -0.05) is 18.2 Å². The van der Waals surface area contributed by atoms with E-state index in [-0.39, 0.29) is 12.4 Å². The number of nitrogens with one attached hydrogen (secondary N) is 1.